The first-order valence-corrected chi connectivity index (χ1v) is 8.40. The van der Waals surface area contributed by atoms with Gasteiger partial charge in [0.05, 0.1) is 0 Å². The van der Waals surface area contributed by atoms with Crippen molar-refractivity contribution >= 4 is 33.3 Å². The molecule has 116 valence electrons. The Hall–Kier alpha value is -0.820. The highest BCUT2D eigenvalue weighted by atomic mass is 79.9. The number of aliphatic carboxylic acids is 1. The van der Waals surface area contributed by atoms with Crippen molar-refractivity contribution in [3.63, 3.8) is 0 Å². The second-order valence-corrected chi connectivity index (χ2v) is 8.54. The van der Waals surface area contributed by atoms with E-state index in [-0.39, 0.29) is 0 Å². The first-order valence-electron chi connectivity index (χ1n) is 6.45. The molecule has 3 atom stereocenters. The molecule has 0 heterocycles. The van der Waals surface area contributed by atoms with E-state index in [1.54, 1.807) is 26.8 Å². The van der Waals surface area contributed by atoms with Crippen molar-refractivity contribution in [2.75, 3.05) is 0 Å². The van der Waals surface area contributed by atoms with Gasteiger partial charge in [0.25, 0.3) is 0 Å². The first kappa shape index (κ1) is 18.2. The van der Waals surface area contributed by atoms with Gasteiger partial charge >= 0.3 is 5.97 Å². The summed E-state index contributed by atoms with van der Waals surface area (Å²) in [5, 5.41) is 9.45. The second-order valence-electron chi connectivity index (χ2n) is 5.63. The summed E-state index contributed by atoms with van der Waals surface area (Å²) in [6, 6.07) is 6.34. The molecule has 0 bridgehead atoms. The van der Waals surface area contributed by atoms with Gasteiger partial charge in [-0.1, -0.05) is 34.1 Å². The van der Waals surface area contributed by atoms with Crippen LogP contribution in [-0.2, 0) is 16.2 Å². The molecule has 0 spiro atoms. The molecule has 1 rings (SSSR count). The van der Waals surface area contributed by atoms with Crippen LogP contribution in [0.1, 0.15) is 32.3 Å². The molecule has 0 aromatic heterocycles. The average Bonchev–Trinajstić information content (AvgIpc) is 2.38. The van der Waals surface area contributed by atoms with E-state index in [9.17, 15) is 14.5 Å². The summed E-state index contributed by atoms with van der Waals surface area (Å²) in [5.74, 6) is -1.53. The predicted octanol–water partition coefficient (Wildman–Crippen LogP) is 3.22. The lowest BCUT2D eigenvalue weighted by atomic mass is 9.92. The van der Waals surface area contributed by atoms with Gasteiger partial charge in [-0.2, -0.15) is 0 Å². The smallest absolute Gasteiger partial charge is 0.326 e. The number of rotatable bonds is 6. The fourth-order valence-corrected chi connectivity index (χ4v) is 2.81. The Balaban J connectivity index is 3.04. The molecule has 21 heavy (non-hydrogen) atoms. The van der Waals surface area contributed by atoms with Gasteiger partial charge in [0, 0.05) is 21.8 Å². The van der Waals surface area contributed by atoms with Crippen LogP contribution in [0.2, 0.25) is 0 Å². The summed E-state index contributed by atoms with van der Waals surface area (Å²) in [7, 11) is 0. The van der Waals surface area contributed by atoms with Crippen molar-refractivity contribution in [3.05, 3.63) is 47.0 Å². The van der Waals surface area contributed by atoms with Crippen molar-refractivity contribution in [1.82, 2.24) is 4.72 Å². The van der Waals surface area contributed by atoms with Gasteiger partial charge in [-0.15, -0.1) is 11.3 Å². The normalized spacial score (nSPS) is 16.0. The zero-order valence-electron chi connectivity index (χ0n) is 12.3. The summed E-state index contributed by atoms with van der Waals surface area (Å²) in [6.07, 6.45) is 1.56. The van der Waals surface area contributed by atoms with Gasteiger partial charge in [-0.05, 0) is 38.5 Å². The van der Waals surface area contributed by atoms with E-state index < -0.39 is 34.0 Å². The number of halogens is 1. The third-order valence-corrected chi connectivity index (χ3v) is 5.03. The van der Waals surface area contributed by atoms with Crippen LogP contribution in [0, 0.1) is 0 Å². The predicted molar refractivity (Wildman–Crippen MR) is 89.5 cm³/mol. The lowest BCUT2D eigenvalue weighted by Gasteiger charge is -2.29. The third-order valence-electron chi connectivity index (χ3n) is 2.92. The van der Waals surface area contributed by atoms with Gasteiger partial charge in [0.15, 0.2) is 6.04 Å². The van der Waals surface area contributed by atoms with Crippen LogP contribution in [0.4, 0.5) is 0 Å². The Kier molecular flexibility index (Phi) is 6.46. The topological polar surface area (TPSA) is 72.4 Å². The number of carbonyl (C=O) groups is 1. The highest BCUT2D eigenvalue weighted by molar-refractivity contribution is 9.10. The van der Waals surface area contributed by atoms with Gasteiger partial charge in [0.2, 0.25) is 0 Å². The molecule has 4 nitrogen and oxygen atoms in total. The summed E-state index contributed by atoms with van der Waals surface area (Å²) in [6.45, 7) is 9.09. The Morgan fingerprint density at radius 1 is 1.43 bits per heavy atom. The minimum Gasteiger partial charge on any atom is -0.598 e. The summed E-state index contributed by atoms with van der Waals surface area (Å²) >= 11 is 1.87. The first-order chi connectivity index (χ1) is 9.66. The van der Waals surface area contributed by atoms with Crippen LogP contribution < -0.4 is 4.72 Å². The molecule has 0 saturated carbocycles. The Bertz CT molecular complexity index is 499. The van der Waals surface area contributed by atoms with Crippen LogP contribution in [0.5, 0.6) is 0 Å². The van der Waals surface area contributed by atoms with E-state index in [1.807, 2.05) is 24.3 Å². The fraction of sp³-hybridized carbons (Fsp3) is 0.400. The number of benzene rings is 1. The number of carboxylic acids is 1. The standard InChI is InChI=1S/C15H20BrNO3S/c1-5-12(10-6-8-11(16)9-7-10)13(14(18)19)17-21(20)15(2,3)4/h5-9,12-13,17H,1H2,2-4H3,(H,18,19)/t12-,13-,21?/m0/s1. The van der Waals surface area contributed by atoms with Crippen molar-refractivity contribution in [2.45, 2.75) is 37.5 Å². The minimum atomic E-state index is -1.48. The zero-order valence-corrected chi connectivity index (χ0v) is 14.7. The molecule has 0 radical (unpaired) electrons. The highest BCUT2D eigenvalue weighted by Crippen LogP contribution is 2.25. The Labute approximate surface area is 137 Å². The SMILES string of the molecule is C=C[C@@H](c1ccc(Br)cc1)[C@H](N[S+]([O-])C(C)(C)C)C(=O)O. The van der Waals surface area contributed by atoms with Gasteiger partial charge in [-0.25, -0.2) is 0 Å². The molecule has 0 aliphatic heterocycles. The molecule has 0 saturated heterocycles. The number of hydrogen-bond donors (Lipinski definition) is 2. The molecular formula is C15H20BrNO3S. The quantitative estimate of drug-likeness (QED) is 0.592. The van der Waals surface area contributed by atoms with E-state index >= 15 is 0 Å². The molecule has 0 aliphatic carbocycles. The third kappa shape index (κ3) is 5.14. The van der Waals surface area contributed by atoms with Crippen LogP contribution in [-0.4, -0.2) is 26.4 Å². The van der Waals surface area contributed by atoms with Crippen molar-refractivity contribution in [1.29, 1.82) is 0 Å². The van der Waals surface area contributed by atoms with E-state index in [0.29, 0.717) is 0 Å². The second kappa shape index (κ2) is 7.45. The van der Waals surface area contributed by atoms with Crippen LogP contribution in [0.25, 0.3) is 0 Å². The van der Waals surface area contributed by atoms with E-state index in [2.05, 4.69) is 27.2 Å². The lowest BCUT2D eigenvalue weighted by molar-refractivity contribution is -0.139. The number of carboxylic acid groups (broad SMARTS) is 1. The van der Waals surface area contributed by atoms with Gasteiger partial charge < -0.3 is 9.66 Å². The van der Waals surface area contributed by atoms with Crippen LogP contribution >= 0.6 is 15.9 Å². The summed E-state index contributed by atoms with van der Waals surface area (Å²) in [5.41, 5.74) is 0.805. The Morgan fingerprint density at radius 3 is 2.33 bits per heavy atom. The molecule has 0 aliphatic rings. The molecule has 2 N–H and O–H groups in total. The van der Waals surface area contributed by atoms with E-state index in [4.69, 9.17) is 0 Å². The maximum atomic E-state index is 12.2. The molecule has 0 fully saturated rings. The van der Waals surface area contributed by atoms with Crippen molar-refractivity contribution in [2.24, 2.45) is 0 Å². The minimum absolute atomic E-state index is 0.470. The number of nitrogens with one attached hydrogen (secondary N) is 1. The van der Waals surface area contributed by atoms with E-state index in [1.165, 1.54) is 0 Å². The number of hydrogen-bond acceptors (Lipinski definition) is 3. The molecule has 1 aromatic carbocycles. The highest BCUT2D eigenvalue weighted by Gasteiger charge is 2.36. The van der Waals surface area contributed by atoms with E-state index in [0.717, 1.165) is 10.0 Å². The van der Waals surface area contributed by atoms with Crippen LogP contribution in [0.3, 0.4) is 0 Å². The summed E-state index contributed by atoms with van der Waals surface area (Å²) < 4.78 is 15.3. The maximum absolute atomic E-state index is 12.2. The molecule has 1 aromatic rings. The molecular weight excluding hydrogens is 354 g/mol. The average molecular weight is 374 g/mol. The van der Waals surface area contributed by atoms with Crippen molar-refractivity contribution < 1.29 is 14.5 Å². The van der Waals surface area contributed by atoms with Gasteiger partial charge in [0.1, 0.15) is 4.75 Å². The maximum Gasteiger partial charge on any atom is 0.326 e. The van der Waals surface area contributed by atoms with Crippen molar-refractivity contribution in [3.8, 4) is 0 Å². The Morgan fingerprint density at radius 2 is 1.95 bits per heavy atom. The largest absolute Gasteiger partial charge is 0.598 e. The monoisotopic (exact) mass is 373 g/mol. The summed E-state index contributed by atoms with van der Waals surface area (Å²) in [4.78, 5) is 11.5. The zero-order chi connectivity index (χ0) is 16.2. The van der Waals surface area contributed by atoms with Crippen LogP contribution in [0.15, 0.2) is 41.4 Å². The van der Waals surface area contributed by atoms with Gasteiger partial charge in [-0.3, -0.25) is 4.79 Å². The molecule has 6 heteroatoms. The lowest BCUT2D eigenvalue weighted by Crippen LogP contribution is -2.50. The molecule has 0 amide bonds. The fourth-order valence-electron chi connectivity index (χ4n) is 1.72. The molecule has 1 unspecified atom stereocenters.